The molecule has 0 aliphatic carbocycles. The van der Waals surface area contributed by atoms with E-state index >= 15 is 0 Å². The fourth-order valence-electron chi connectivity index (χ4n) is 1.36. The molecule has 80 valence electrons. The summed E-state index contributed by atoms with van der Waals surface area (Å²) in [6.45, 7) is 11.3. The van der Waals surface area contributed by atoms with Crippen LogP contribution in [-0.2, 0) is 4.74 Å². The highest BCUT2D eigenvalue weighted by molar-refractivity contribution is 4.67. The Morgan fingerprint density at radius 3 is 2.15 bits per heavy atom. The van der Waals surface area contributed by atoms with Gasteiger partial charge in [0.1, 0.15) is 0 Å². The van der Waals surface area contributed by atoms with E-state index in [1.165, 1.54) is 0 Å². The third-order valence-corrected chi connectivity index (χ3v) is 2.29. The van der Waals surface area contributed by atoms with Crippen LogP contribution in [0, 0.1) is 5.92 Å². The monoisotopic (exact) mass is 187 g/mol. The molecule has 2 unspecified atom stereocenters. The highest BCUT2D eigenvalue weighted by atomic mass is 16.5. The normalized spacial score (nSPS) is 17.1. The quantitative estimate of drug-likeness (QED) is 0.718. The van der Waals surface area contributed by atoms with Gasteiger partial charge in [0.05, 0.1) is 5.60 Å². The summed E-state index contributed by atoms with van der Waals surface area (Å²) in [7, 11) is 0. The average Bonchev–Trinajstić information content (AvgIpc) is 1.95. The summed E-state index contributed by atoms with van der Waals surface area (Å²) in [4.78, 5) is 0. The second kappa shape index (κ2) is 5.61. The maximum Gasteiger partial charge on any atom is 0.0598 e. The molecule has 0 heterocycles. The summed E-state index contributed by atoms with van der Waals surface area (Å²) in [5.74, 6) is 0.599. The molecular formula is C11H25NO. The van der Waals surface area contributed by atoms with Gasteiger partial charge >= 0.3 is 0 Å². The molecule has 0 saturated carbocycles. The van der Waals surface area contributed by atoms with Gasteiger partial charge in [-0.05, 0) is 40.0 Å². The van der Waals surface area contributed by atoms with Crippen molar-refractivity contribution in [1.82, 2.24) is 0 Å². The van der Waals surface area contributed by atoms with Crippen LogP contribution in [0.1, 0.15) is 47.5 Å². The minimum absolute atomic E-state index is 0.0177. The summed E-state index contributed by atoms with van der Waals surface area (Å²) in [5.41, 5.74) is 5.82. The zero-order chi connectivity index (χ0) is 10.5. The number of ether oxygens (including phenoxy) is 1. The van der Waals surface area contributed by atoms with Crippen LogP contribution in [-0.4, -0.2) is 18.2 Å². The molecule has 0 aromatic heterocycles. The Balaban J connectivity index is 3.62. The van der Waals surface area contributed by atoms with Gasteiger partial charge in [-0.25, -0.2) is 0 Å². The van der Waals surface area contributed by atoms with Crippen molar-refractivity contribution < 1.29 is 4.74 Å². The fourth-order valence-corrected chi connectivity index (χ4v) is 1.36. The van der Waals surface area contributed by atoms with Crippen LogP contribution in [0.15, 0.2) is 0 Å². The molecule has 0 saturated heterocycles. The summed E-state index contributed by atoms with van der Waals surface area (Å²) < 4.78 is 5.66. The van der Waals surface area contributed by atoms with E-state index in [2.05, 4.69) is 34.6 Å². The van der Waals surface area contributed by atoms with Gasteiger partial charge < -0.3 is 10.5 Å². The Hall–Kier alpha value is -0.0800. The maximum absolute atomic E-state index is 5.84. The molecular weight excluding hydrogens is 162 g/mol. The van der Waals surface area contributed by atoms with Crippen LogP contribution >= 0.6 is 0 Å². The lowest BCUT2D eigenvalue weighted by Gasteiger charge is -2.23. The highest BCUT2D eigenvalue weighted by Crippen LogP contribution is 2.14. The third-order valence-electron chi connectivity index (χ3n) is 2.29. The summed E-state index contributed by atoms with van der Waals surface area (Å²) in [6.07, 6.45) is 2.22. The number of rotatable bonds is 5. The van der Waals surface area contributed by atoms with Gasteiger partial charge in [-0.1, -0.05) is 13.3 Å². The van der Waals surface area contributed by atoms with E-state index in [1.807, 2.05) is 0 Å². The molecule has 0 radical (unpaired) electrons. The van der Waals surface area contributed by atoms with E-state index in [4.69, 9.17) is 10.5 Å². The molecule has 2 heteroatoms. The first-order chi connectivity index (χ1) is 5.87. The zero-order valence-corrected chi connectivity index (χ0v) is 9.76. The molecule has 0 aliphatic heterocycles. The van der Waals surface area contributed by atoms with E-state index in [1.54, 1.807) is 0 Å². The average molecular weight is 187 g/mol. The maximum atomic E-state index is 5.84. The molecule has 13 heavy (non-hydrogen) atoms. The molecule has 0 fully saturated rings. The fraction of sp³-hybridized carbons (Fsp3) is 1.00. The van der Waals surface area contributed by atoms with Gasteiger partial charge in [0, 0.05) is 12.6 Å². The molecule has 2 atom stereocenters. The van der Waals surface area contributed by atoms with Gasteiger partial charge in [0.2, 0.25) is 0 Å². The zero-order valence-electron chi connectivity index (χ0n) is 9.76. The Morgan fingerprint density at radius 2 is 1.85 bits per heavy atom. The minimum Gasteiger partial charge on any atom is -0.376 e. The lowest BCUT2D eigenvalue weighted by molar-refractivity contribution is -0.0104. The van der Waals surface area contributed by atoms with Crippen LogP contribution in [0.4, 0.5) is 0 Å². The molecule has 0 aromatic rings. The largest absolute Gasteiger partial charge is 0.376 e. The van der Waals surface area contributed by atoms with Crippen molar-refractivity contribution in [1.29, 1.82) is 0 Å². The van der Waals surface area contributed by atoms with Gasteiger partial charge in [-0.3, -0.25) is 0 Å². The van der Waals surface area contributed by atoms with Gasteiger partial charge in [0.25, 0.3) is 0 Å². The molecule has 0 aliphatic rings. The summed E-state index contributed by atoms with van der Waals surface area (Å²) in [5, 5.41) is 0. The second-order valence-electron chi connectivity index (χ2n) is 4.78. The second-order valence-corrected chi connectivity index (χ2v) is 4.78. The molecule has 0 amide bonds. The molecule has 0 rings (SSSR count). The summed E-state index contributed by atoms with van der Waals surface area (Å²) >= 11 is 0. The van der Waals surface area contributed by atoms with Crippen molar-refractivity contribution >= 4 is 0 Å². The SMILES string of the molecule is CCC(CCOC(C)(C)C)C(C)N. The van der Waals surface area contributed by atoms with E-state index in [9.17, 15) is 0 Å². The van der Waals surface area contributed by atoms with Crippen molar-refractivity contribution in [2.24, 2.45) is 11.7 Å². The molecule has 2 N–H and O–H groups in total. The lowest BCUT2D eigenvalue weighted by Crippen LogP contribution is -2.28. The minimum atomic E-state index is -0.0177. The number of hydrogen-bond acceptors (Lipinski definition) is 2. The van der Waals surface area contributed by atoms with Crippen molar-refractivity contribution in [3.63, 3.8) is 0 Å². The first kappa shape index (κ1) is 12.9. The molecule has 2 nitrogen and oxygen atoms in total. The first-order valence-electron chi connectivity index (χ1n) is 5.26. The number of nitrogens with two attached hydrogens (primary N) is 1. The predicted molar refractivity (Wildman–Crippen MR) is 57.8 cm³/mol. The van der Waals surface area contributed by atoms with E-state index in [-0.39, 0.29) is 11.6 Å². The number of hydrogen-bond donors (Lipinski definition) is 1. The van der Waals surface area contributed by atoms with Crippen molar-refractivity contribution in [2.75, 3.05) is 6.61 Å². The van der Waals surface area contributed by atoms with Crippen LogP contribution < -0.4 is 5.73 Å². The van der Waals surface area contributed by atoms with Gasteiger partial charge in [-0.15, -0.1) is 0 Å². The topological polar surface area (TPSA) is 35.2 Å². The van der Waals surface area contributed by atoms with E-state index < -0.39 is 0 Å². The Bertz CT molecular complexity index is 127. The smallest absolute Gasteiger partial charge is 0.0598 e. The van der Waals surface area contributed by atoms with Crippen molar-refractivity contribution in [2.45, 2.75) is 59.1 Å². The Morgan fingerprint density at radius 1 is 1.31 bits per heavy atom. The van der Waals surface area contributed by atoms with Gasteiger partial charge in [0.15, 0.2) is 0 Å². The predicted octanol–water partition coefficient (Wildman–Crippen LogP) is 2.57. The van der Waals surface area contributed by atoms with Crippen LogP contribution in [0.3, 0.4) is 0 Å². The highest BCUT2D eigenvalue weighted by Gasteiger charge is 2.14. The van der Waals surface area contributed by atoms with Crippen molar-refractivity contribution in [3.05, 3.63) is 0 Å². The van der Waals surface area contributed by atoms with Crippen LogP contribution in [0.5, 0.6) is 0 Å². The molecule has 0 aromatic carbocycles. The first-order valence-corrected chi connectivity index (χ1v) is 5.26. The third kappa shape index (κ3) is 7.03. The van der Waals surface area contributed by atoms with Crippen LogP contribution in [0.2, 0.25) is 0 Å². The van der Waals surface area contributed by atoms with Gasteiger partial charge in [-0.2, -0.15) is 0 Å². The Labute approximate surface area is 82.8 Å². The Kier molecular flexibility index (Phi) is 5.57. The lowest BCUT2D eigenvalue weighted by atomic mass is 9.96. The van der Waals surface area contributed by atoms with E-state index in [0.29, 0.717) is 5.92 Å². The molecule has 0 bridgehead atoms. The van der Waals surface area contributed by atoms with Crippen molar-refractivity contribution in [3.8, 4) is 0 Å². The summed E-state index contributed by atoms with van der Waals surface area (Å²) in [6, 6.07) is 0.286. The van der Waals surface area contributed by atoms with Crippen LogP contribution in [0.25, 0.3) is 0 Å². The standard InChI is InChI=1S/C11H25NO/c1-6-10(9(2)12)7-8-13-11(3,4)5/h9-10H,6-8,12H2,1-5H3. The van der Waals surface area contributed by atoms with E-state index in [0.717, 1.165) is 19.4 Å². The molecule has 0 spiro atoms.